The first-order valence-corrected chi connectivity index (χ1v) is 6.92. The van der Waals surface area contributed by atoms with Gasteiger partial charge in [0.05, 0.1) is 12.2 Å². The van der Waals surface area contributed by atoms with E-state index in [1.165, 1.54) is 9.75 Å². The highest BCUT2D eigenvalue weighted by Crippen LogP contribution is 2.19. The number of hydrogen-bond acceptors (Lipinski definition) is 3. The van der Waals surface area contributed by atoms with E-state index in [0.717, 1.165) is 19.3 Å². The number of rotatable bonds is 7. The quantitative estimate of drug-likeness (QED) is 0.772. The molecule has 2 N–H and O–H groups in total. The Morgan fingerprint density at radius 1 is 1.06 bits per heavy atom. The zero-order valence-electron chi connectivity index (χ0n) is 10.1. The molecule has 0 aliphatic rings. The third-order valence-corrected chi connectivity index (χ3v) is 4.07. The van der Waals surface area contributed by atoms with Gasteiger partial charge in [-0.3, -0.25) is 0 Å². The number of aryl methyl sites for hydroxylation is 2. The molecule has 1 rings (SSSR count). The topological polar surface area (TPSA) is 40.5 Å². The van der Waals surface area contributed by atoms with Crippen LogP contribution in [0.2, 0.25) is 0 Å². The lowest BCUT2D eigenvalue weighted by Gasteiger charge is -2.16. The summed E-state index contributed by atoms with van der Waals surface area (Å²) >= 11 is 1.81. The molecule has 1 aromatic rings. The van der Waals surface area contributed by atoms with Crippen molar-refractivity contribution in [2.24, 2.45) is 0 Å². The molecule has 0 aliphatic carbocycles. The predicted molar refractivity (Wildman–Crippen MR) is 68.9 cm³/mol. The molecule has 0 amide bonds. The Labute approximate surface area is 102 Å². The lowest BCUT2D eigenvalue weighted by atomic mass is 10.0. The predicted octanol–water partition coefficient (Wildman–Crippen LogP) is 2.77. The summed E-state index contributed by atoms with van der Waals surface area (Å²) in [5, 5.41) is 19.3. The van der Waals surface area contributed by atoms with E-state index in [1.807, 2.05) is 18.3 Å². The standard InChI is InChI=1S/C13H22O2S/c1-3-5-12(14)13(15)9-8-11-7-6-10(4-2)16-11/h6-7,12-15H,3-5,8-9H2,1-2H3. The number of aliphatic hydroxyl groups is 2. The van der Waals surface area contributed by atoms with Gasteiger partial charge in [0.25, 0.3) is 0 Å². The van der Waals surface area contributed by atoms with Crippen LogP contribution >= 0.6 is 11.3 Å². The number of thiophene rings is 1. The van der Waals surface area contributed by atoms with Crippen LogP contribution in [0.25, 0.3) is 0 Å². The summed E-state index contributed by atoms with van der Waals surface area (Å²) in [6.07, 6.45) is 3.06. The molecule has 3 heteroatoms. The van der Waals surface area contributed by atoms with Crippen LogP contribution in [0.3, 0.4) is 0 Å². The molecule has 16 heavy (non-hydrogen) atoms. The molecule has 0 spiro atoms. The van der Waals surface area contributed by atoms with Crippen LogP contribution < -0.4 is 0 Å². The molecular weight excluding hydrogens is 220 g/mol. The van der Waals surface area contributed by atoms with Crippen molar-refractivity contribution in [3.63, 3.8) is 0 Å². The van der Waals surface area contributed by atoms with Crippen molar-refractivity contribution >= 4 is 11.3 Å². The third kappa shape index (κ3) is 4.24. The first-order chi connectivity index (χ1) is 7.67. The van der Waals surface area contributed by atoms with Crippen molar-refractivity contribution in [3.05, 3.63) is 21.9 Å². The maximum absolute atomic E-state index is 9.73. The second-order valence-corrected chi connectivity index (χ2v) is 5.44. The molecule has 92 valence electrons. The van der Waals surface area contributed by atoms with Gasteiger partial charge in [-0.2, -0.15) is 0 Å². The molecule has 2 unspecified atom stereocenters. The molecule has 0 fully saturated rings. The van der Waals surface area contributed by atoms with Gasteiger partial charge in [0, 0.05) is 9.75 Å². The molecular formula is C13H22O2S. The number of aliphatic hydroxyl groups excluding tert-OH is 2. The van der Waals surface area contributed by atoms with Gasteiger partial charge in [0.2, 0.25) is 0 Å². The summed E-state index contributed by atoms with van der Waals surface area (Å²) in [6.45, 7) is 4.16. The van der Waals surface area contributed by atoms with Crippen molar-refractivity contribution in [2.75, 3.05) is 0 Å². The van der Waals surface area contributed by atoms with E-state index < -0.39 is 12.2 Å². The molecule has 1 aromatic heterocycles. The van der Waals surface area contributed by atoms with Crippen LogP contribution in [-0.2, 0) is 12.8 Å². The van der Waals surface area contributed by atoms with Crippen LogP contribution in [0.4, 0.5) is 0 Å². The van der Waals surface area contributed by atoms with E-state index in [9.17, 15) is 10.2 Å². The first kappa shape index (κ1) is 13.7. The fourth-order valence-electron chi connectivity index (χ4n) is 1.72. The SMILES string of the molecule is CCCC(O)C(O)CCc1ccc(CC)s1. The second-order valence-electron chi connectivity index (χ2n) is 4.18. The molecule has 0 bridgehead atoms. The fraction of sp³-hybridized carbons (Fsp3) is 0.692. The van der Waals surface area contributed by atoms with Crippen LogP contribution in [0.15, 0.2) is 12.1 Å². The molecule has 1 heterocycles. The van der Waals surface area contributed by atoms with Crippen LogP contribution in [0, 0.1) is 0 Å². The van der Waals surface area contributed by atoms with Gasteiger partial charge in [0.1, 0.15) is 0 Å². The van der Waals surface area contributed by atoms with Crippen LogP contribution in [-0.4, -0.2) is 22.4 Å². The van der Waals surface area contributed by atoms with E-state index in [4.69, 9.17) is 0 Å². The fourth-order valence-corrected chi connectivity index (χ4v) is 2.69. The maximum atomic E-state index is 9.73. The Hall–Kier alpha value is -0.380. The average Bonchev–Trinajstić information content (AvgIpc) is 2.74. The zero-order chi connectivity index (χ0) is 12.0. The van der Waals surface area contributed by atoms with Gasteiger partial charge < -0.3 is 10.2 Å². The van der Waals surface area contributed by atoms with Crippen LogP contribution in [0.1, 0.15) is 42.9 Å². The zero-order valence-corrected chi connectivity index (χ0v) is 11.0. The van der Waals surface area contributed by atoms with E-state index in [-0.39, 0.29) is 0 Å². The highest BCUT2D eigenvalue weighted by atomic mass is 32.1. The average molecular weight is 242 g/mol. The normalized spacial score (nSPS) is 15.0. The van der Waals surface area contributed by atoms with Gasteiger partial charge in [-0.1, -0.05) is 20.3 Å². The lowest BCUT2D eigenvalue weighted by Crippen LogP contribution is -2.25. The highest BCUT2D eigenvalue weighted by Gasteiger charge is 2.15. The van der Waals surface area contributed by atoms with Gasteiger partial charge in [0.15, 0.2) is 0 Å². The van der Waals surface area contributed by atoms with E-state index >= 15 is 0 Å². The molecule has 0 aliphatic heterocycles. The number of hydrogen-bond donors (Lipinski definition) is 2. The molecule has 0 aromatic carbocycles. The van der Waals surface area contributed by atoms with Gasteiger partial charge in [-0.05, 0) is 37.8 Å². The highest BCUT2D eigenvalue weighted by molar-refractivity contribution is 7.11. The van der Waals surface area contributed by atoms with Gasteiger partial charge in [-0.15, -0.1) is 11.3 Å². The van der Waals surface area contributed by atoms with Crippen molar-refractivity contribution in [3.8, 4) is 0 Å². The molecule has 2 nitrogen and oxygen atoms in total. The van der Waals surface area contributed by atoms with Crippen molar-refractivity contribution in [1.82, 2.24) is 0 Å². The third-order valence-electron chi connectivity index (χ3n) is 2.78. The summed E-state index contributed by atoms with van der Waals surface area (Å²) in [5.74, 6) is 0. The van der Waals surface area contributed by atoms with E-state index in [0.29, 0.717) is 12.8 Å². The Morgan fingerprint density at radius 3 is 2.25 bits per heavy atom. The van der Waals surface area contributed by atoms with Crippen LogP contribution in [0.5, 0.6) is 0 Å². The Bertz CT molecular complexity index is 296. The summed E-state index contributed by atoms with van der Waals surface area (Å²) < 4.78 is 0. The summed E-state index contributed by atoms with van der Waals surface area (Å²) in [5.41, 5.74) is 0. The first-order valence-electron chi connectivity index (χ1n) is 6.11. The van der Waals surface area contributed by atoms with Gasteiger partial charge in [-0.25, -0.2) is 0 Å². The largest absolute Gasteiger partial charge is 0.390 e. The summed E-state index contributed by atoms with van der Waals surface area (Å²) in [6, 6.07) is 4.28. The summed E-state index contributed by atoms with van der Waals surface area (Å²) in [4.78, 5) is 2.69. The lowest BCUT2D eigenvalue weighted by molar-refractivity contribution is 0.00991. The molecule has 0 saturated carbocycles. The van der Waals surface area contributed by atoms with Crippen molar-refractivity contribution < 1.29 is 10.2 Å². The molecule has 0 saturated heterocycles. The monoisotopic (exact) mass is 242 g/mol. The minimum absolute atomic E-state index is 0.560. The molecule has 0 radical (unpaired) electrons. The van der Waals surface area contributed by atoms with Crippen molar-refractivity contribution in [2.45, 2.75) is 58.2 Å². The van der Waals surface area contributed by atoms with Crippen molar-refractivity contribution in [1.29, 1.82) is 0 Å². The van der Waals surface area contributed by atoms with Gasteiger partial charge >= 0.3 is 0 Å². The molecule has 2 atom stereocenters. The Kier molecular flexibility index (Phi) is 6.03. The van der Waals surface area contributed by atoms with E-state index in [2.05, 4.69) is 19.1 Å². The minimum Gasteiger partial charge on any atom is -0.390 e. The minimum atomic E-state index is -0.577. The second kappa shape index (κ2) is 7.05. The smallest absolute Gasteiger partial charge is 0.0802 e. The van der Waals surface area contributed by atoms with E-state index in [1.54, 1.807) is 0 Å². The summed E-state index contributed by atoms with van der Waals surface area (Å²) in [7, 11) is 0. The maximum Gasteiger partial charge on any atom is 0.0802 e. The Balaban J connectivity index is 2.33. The Morgan fingerprint density at radius 2 is 1.69 bits per heavy atom.